The van der Waals surface area contributed by atoms with E-state index in [1.54, 1.807) is 0 Å². The van der Waals surface area contributed by atoms with Crippen molar-refractivity contribution in [2.24, 2.45) is 5.92 Å². The van der Waals surface area contributed by atoms with E-state index in [0.29, 0.717) is 12.8 Å². The standard InChI is InChI=1S/C11H24N2O2/c1-3-9(14)11(10(15)4-2)8-7-12-5-6-13-8/h8-15H,3-7H2,1-2H3. The molecule has 15 heavy (non-hydrogen) atoms. The van der Waals surface area contributed by atoms with E-state index in [1.165, 1.54) is 0 Å². The monoisotopic (exact) mass is 216 g/mol. The molecule has 0 aliphatic carbocycles. The Labute approximate surface area is 92.1 Å². The lowest BCUT2D eigenvalue weighted by Crippen LogP contribution is -2.57. The molecule has 4 N–H and O–H groups in total. The summed E-state index contributed by atoms with van der Waals surface area (Å²) >= 11 is 0. The topological polar surface area (TPSA) is 64.5 Å². The molecule has 0 aromatic heterocycles. The fourth-order valence-corrected chi connectivity index (χ4v) is 2.28. The van der Waals surface area contributed by atoms with Gasteiger partial charge >= 0.3 is 0 Å². The van der Waals surface area contributed by atoms with E-state index in [2.05, 4.69) is 10.6 Å². The molecule has 1 aliphatic heterocycles. The van der Waals surface area contributed by atoms with Crippen LogP contribution in [-0.2, 0) is 0 Å². The lowest BCUT2D eigenvalue weighted by Gasteiger charge is -2.37. The van der Waals surface area contributed by atoms with Gasteiger partial charge in [-0.3, -0.25) is 0 Å². The van der Waals surface area contributed by atoms with Gasteiger partial charge in [0, 0.05) is 31.6 Å². The van der Waals surface area contributed by atoms with Crippen LogP contribution in [0.4, 0.5) is 0 Å². The molecule has 0 amide bonds. The zero-order valence-electron chi connectivity index (χ0n) is 9.74. The smallest absolute Gasteiger partial charge is 0.0605 e. The zero-order valence-corrected chi connectivity index (χ0v) is 9.74. The van der Waals surface area contributed by atoms with Gasteiger partial charge in [0.05, 0.1) is 12.2 Å². The third-order valence-electron chi connectivity index (χ3n) is 3.26. The summed E-state index contributed by atoms with van der Waals surface area (Å²) in [7, 11) is 0. The number of aliphatic hydroxyl groups excluding tert-OH is 2. The first-order valence-electron chi connectivity index (χ1n) is 6.00. The molecular weight excluding hydrogens is 192 g/mol. The van der Waals surface area contributed by atoms with Crippen molar-refractivity contribution in [1.29, 1.82) is 0 Å². The van der Waals surface area contributed by atoms with Gasteiger partial charge in [-0.2, -0.15) is 0 Å². The minimum absolute atomic E-state index is 0.0622. The number of rotatable bonds is 5. The Bertz CT molecular complexity index is 162. The second-order valence-corrected chi connectivity index (χ2v) is 4.29. The van der Waals surface area contributed by atoms with Gasteiger partial charge in [0.2, 0.25) is 0 Å². The number of aliphatic hydroxyl groups is 2. The first kappa shape index (κ1) is 12.9. The molecule has 0 aromatic rings. The Morgan fingerprint density at radius 1 is 1.13 bits per heavy atom. The van der Waals surface area contributed by atoms with E-state index in [4.69, 9.17) is 0 Å². The van der Waals surface area contributed by atoms with Gasteiger partial charge in [-0.15, -0.1) is 0 Å². The fourth-order valence-electron chi connectivity index (χ4n) is 2.28. The Morgan fingerprint density at radius 2 is 1.73 bits per heavy atom. The highest BCUT2D eigenvalue weighted by Crippen LogP contribution is 2.20. The average molecular weight is 216 g/mol. The molecule has 1 saturated heterocycles. The third-order valence-corrected chi connectivity index (χ3v) is 3.26. The molecule has 1 aliphatic rings. The molecule has 0 bridgehead atoms. The quantitative estimate of drug-likeness (QED) is 0.510. The molecule has 0 spiro atoms. The summed E-state index contributed by atoms with van der Waals surface area (Å²) in [5, 5.41) is 26.5. The van der Waals surface area contributed by atoms with E-state index in [9.17, 15) is 10.2 Å². The summed E-state index contributed by atoms with van der Waals surface area (Å²) in [6.45, 7) is 6.62. The molecule has 0 radical (unpaired) electrons. The first-order chi connectivity index (χ1) is 7.20. The number of hydrogen-bond donors (Lipinski definition) is 4. The highest BCUT2D eigenvalue weighted by Gasteiger charge is 2.33. The number of hydrogen-bond acceptors (Lipinski definition) is 4. The predicted octanol–water partition coefficient (Wildman–Crippen LogP) is -0.294. The normalized spacial score (nSPS) is 28.4. The van der Waals surface area contributed by atoms with Gasteiger partial charge in [-0.1, -0.05) is 13.8 Å². The van der Waals surface area contributed by atoms with Crippen molar-refractivity contribution in [3.8, 4) is 0 Å². The van der Waals surface area contributed by atoms with E-state index in [0.717, 1.165) is 19.6 Å². The van der Waals surface area contributed by atoms with Crippen LogP contribution in [0.2, 0.25) is 0 Å². The average Bonchev–Trinajstić information content (AvgIpc) is 2.30. The van der Waals surface area contributed by atoms with Crippen LogP contribution in [0.5, 0.6) is 0 Å². The molecule has 1 fully saturated rings. The van der Waals surface area contributed by atoms with Crippen molar-refractivity contribution in [3.63, 3.8) is 0 Å². The Balaban J connectivity index is 2.60. The van der Waals surface area contributed by atoms with Gasteiger partial charge in [0.15, 0.2) is 0 Å². The van der Waals surface area contributed by atoms with Crippen molar-refractivity contribution in [2.45, 2.75) is 44.9 Å². The largest absolute Gasteiger partial charge is 0.393 e. The zero-order chi connectivity index (χ0) is 11.3. The molecule has 3 atom stereocenters. The highest BCUT2D eigenvalue weighted by atomic mass is 16.3. The second-order valence-electron chi connectivity index (χ2n) is 4.29. The van der Waals surface area contributed by atoms with E-state index < -0.39 is 12.2 Å². The first-order valence-corrected chi connectivity index (χ1v) is 6.00. The SMILES string of the molecule is CCC(O)C(C(O)CC)C1CNCCN1. The minimum atomic E-state index is -0.419. The Hall–Kier alpha value is -0.160. The number of piperazine rings is 1. The molecule has 4 nitrogen and oxygen atoms in total. The van der Waals surface area contributed by atoms with Crippen LogP contribution in [0, 0.1) is 5.92 Å². The lowest BCUT2D eigenvalue weighted by molar-refractivity contribution is -0.0129. The number of nitrogens with one attached hydrogen (secondary N) is 2. The molecular formula is C11H24N2O2. The van der Waals surface area contributed by atoms with E-state index >= 15 is 0 Å². The van der Waals surface area contributed by atoms with Crippen molar-refractivity contribution in [1.82, 2.24) is 10.6 Å². The minimum Gasteiger partial charge on any atom is -0.393 e. The maximum absolute atomic E-state index is 9.94. The third kappa shape index (κ3) is 3.41. The fraction of sp³-hybridized carbons (Fsp3) is 1.00. The molecule has 4 heteroatoms. The van der Waals surface area contributed by atoms with Gasteiger partial charge in [0.1, 0.15) is 0 Å². The van der Waals surface area contributed by atoms with Crippen molar-refractivity contribution >= 4 is 0 Å². The van der Waals surface area contributed by atoms with Gasteiger partial charge in [-0.25, -0.2) is 0 Å². The molecule has 0 saturated carbocycles. The molecule has 1 rings (SSSR count). The molecule has 90 valence electrons. The molecule has 3 unspecified atom stereocenters. The van der Waals surface area contributed by atoms with Gasteiger partial charge < -0.3 is 20.8 Å². The summed E-state index contributed by atoms with van der Waals surface area (Å²) in [4.78, 5) is 0. The van der Waals surface area contributed by atoms with Crippen molar-refractivity contribution < 1.29 is 10.2 Å². The maximum atomic E-state index is 9.94. The van der Waals surface area contributed by atoms with Crippen LogP contribution >= 0.6 is 0 Å². The van der Waals surface area contributed by atoms with Crippen LogP contribution in [-0.4, -0.2) is 48.1 Å². The lowest BCUT2D eigenvalue weighted by atomic mass is 9.85. The van der Waals surface area contributed by atoms with E-state index in [-0.39, 0.29) is 12.0 Å². The summed E-state index contributed by atoms with van der Waals surface area (Å²) in [5.74, 6) is -0.0622. The molecule has 0 aromatic carbocycles. The summed E-state index contributed by atoms with van der Waals surface area (Å²) < 4.78 is 0. The van der Waals surface area contributed by atoms with Crippen LogP contribution in [0.3, 0.4) is 0 Å². The summed E-state index contributed by atoms with van der Waals surface area (Å²) in [6, 6.07) is 0.184. The Kier molecular flexibility index (Phi) is 5.53. The van der Waals surface area contributed by atoms with Gasteiger partial charge in [0.25, 0.3) is 0 Å². The second kappa shape index (κ2) is 6.43. The summed E-state index contributed by atoms with van der Waals surface area (Å²) in [6.07, 6.45) is 0.550. The van der Waals surface area contributed by atoms with E-state index in [1.807, 2.05) is 13.8 Å². The van der Waals surface area contributed by atoms with Crippen molar-refractivity contribution in [3.05, 3.63) is 0 Å². The van der Waals surface area contributed by atoms with Crippen LogP contribution in [0.25, 0.3) is 0 Å². The van der Waals surface area contributed by atoms with Crippen molar-refractivity contribution in [2.75, 3.05) is 19.6 Å². The summed E-state index contributed by atoms with van der Waals surface area (Å²) in [5.41, 5.74) is 0. The highest BCUT2D eigenvalue weighted by molar-refractivity contribution is 4.89. The predicted molar refractivity (Wildman–Crippen MR) is 60.7 cm³/mol. The maximum Gasteiger partial charge on any atom is 0.0605 e. The van der Waals surface area contributed by atoms with Gasteiger partial charge in [-0.05, 0) is 12.8 Å². The molecule has 1 heterocycles. The van der Waals surface area contributed by atoms with Crippen LogP contribution < -0.4 is 10.6 Å². The Morgan fingerprint density at radius 3 is 2.13 bits per heavy atom. The van der Waals surface area contributed by atoms with Crippen LogP contribution in [0.1, 0.15) is 26.7 Å². The van der Waals surface area contributed by atoms with Crippen LogP contribution in [0.15, 0.2) is 0 Å².